The maximum atomic E-state index is 5.51. The van der Waals surface area contributed by atoms with Crippen molar-refractivity contribution in [2.75, 3.05) is 6.54 Å². The lowest BCUT2D eigenvalue weighted by Crippen LogP contribution is -2.30. The van der Waals surface area contributed by atoms with Gasteiger partial charge in [0.15, 0.2) is 0 Å². The van der Waals surface area contributed by atoms with Crippen molar-refractivity contribution in [3.05, 3.63) is 41.4 Å². The van der Waals surface area contributed by atoms with E-state index in [0.717, 1.165) is 24.4 Å². The SMILES string of the molecule is Cc1ccoc1C1NCCc2[nH]cnc21. The van der Waals surface area contributed by atoms with Gasteiger partial charge < -0.3 is 14.7 Å². The molecular weight excluding hydrogens is 190 g/mol. The fourth-order valence-corrected chi connectivity index (χ4v) is 2.12. The van der Waals surface area contributed by atoms with E-state index in [2.05, 4.69) is 22.2 Å². The van der Waals surface area contributed by atoms with E-state index in [-0.39, 0.29) is 6.04 Å². The van der Waals surface area contributed by atoms with Crippen LogP contribution in [0.3, 0.4) is 0 Å². The number of imidazole rings is 1. The molecule has 0 amide bonds. The topological polar surface area (TPSA) is 53.9 Å². The monoisotopic (exact) mass is 203 g/mol. The molecule has 1 aliphatic heterocycles. The number of aromatic amines is 1. The Kier molecular flexibility index (Phi) is 1.89. The molecule has 2 aromatic heterocycles. The minimum Gasteiger partial charge on any atom is -0.467 e. The first-order valence-electron chi connectivity index (χ1n) is 5.16. The predicted molar refractivity (Wildman–Crippen MR) is 55.6 cm³/mol. The molecule has 0 aromatic carbocycles. The van der Waals surface area contributed by atoms with Crippen LogP contribution in [0.5, 0.6) is 0 Å². The zero-order valence-corrected chi connectivity index (χ0v) is 8.58. The third-order valence-corrected chi connectivity index (χ3v) is 2.91. The molecule has 3 heterocycles. The summed E-state index contributed by atoms with van der Waals surface area (Å²) in [5.41, 5.74) is 3.46. The maximum absolute atomic E-state index is 5.51. The van der Waals surface area contributed by atoms with Gasteiger partial charge >= 0.3 is 0 Å². The first kappa shape index (κ1) is 8.73. The Balaban J connectivity index is 2.07. The van der Waals surface area contributed by atoms with Crippen molar-refractivity contribution in [3.8, 4) is 0 Å². The number of H-pyrrole nitrogens is 1. The summed E-state index contributed by atoms with van der Waals surface area (Å²) < 4.78 is 5.51. The van der Waals surface area contributed by atoms with Gasteiger partial charge in [-0.1, -0.05) is 0 Å². The Morgan fingerprint density at radius 2 is 2.47 bits per heavy atom. The molecule has 15 heavy (non-hydrogen) atoms. The lowest BCUT2D eigenvalue weighted by molar-refractivity contribution is 0.427. The number of aryl methyl sites for hydroxylation is 1. The number of rotatable bonds is 1. The Hall–Kier alpha value is -1.55. The highest BCUT2D eigenvalue weighted by Crippen LogP contribution is 2.28. The minimum atomic E-state index is 0.106. The Bertz CT molecular complexity index is 472. The molecule has 0 saturated carbocycles. The minimum absolute atomic E-state index is 0.106. The standard InChI is InChI=1S/C11H13N3O/c1-7-3-5-15-11(7)10-9-8(2-4-12-10)13-6-14-9/h3,5-6,10,12H,2,4H2,1H3,(H,13,14). The van der Waals surface area contributed by atoms with Gasteiger partial charge in [0.05, 0.1) is 18.3 Å². The zero-order chi connectivity index (χ0) is 10.3. The molecule has 0 radical (unpaired) electrons. The van der Waals surface area contributed by atoms with Crippen LogP contribution in [0.2, 0.25) is 0 Å². The summed E-state index contributed by atoms with van der Waals surface area (Å²) in [6.45, 7) is 3.02. The van der Waals surface area contributed by atoms with E-state index in [1.807, 2.05) is 6.07 Å². The molecule has 0 saturated heterocycles. The molecule has 2 N–H and O–H groups in total. The normalized spacial score (nSPS) is 20.2. The second-order valence-electron chi connectivity index (χ2n) is 3.87. The molecule has 0 bridgehead atoms. The van der Waals surface area contributed by atoms with Crippen LogP contribution in [0, 0.1) is 6.92 Å². The van der Waals surface area contributed by atoms with E-state index < -0.39 is 0 Å². The molecule has 0 fully saturated rings. The first-order chi connectivity index (χ1) is 7.36. The fourth-order valence-electron chi connectivity index (χ4n) is 2.12. The third-order valence-electron chi connectivity index (χ3n) is 2.91. The third kappa shape index (κ3) is 1.29. The number of hydrogen-bond donors (Lipinski definition) is 2. The van der Waals surface area contributed by atoms with E-state index >= 15 is 0 Å². The van der Waals surface area contributed by atoms with Crippen LogP contribution in [-0.4, -0.2) is 16.5 Å². The van der Waals surface area contributed by atoms with Gasteiger partial charge in [0.25, 0.3) is 0 Å². The summed E-state index contributed by atoms with van der Waals surface area (Å²) in [6, 6.07) is 2.09. The Labute approximate surface area is 87.7 Å². The van der Waals surface area contributed by atoms with Crippen molar-refractivity contribution in [2.24, 2.45) is 0 Å². The van der Waals surface area contributed by atoms with Gasteiger partial charge in [-0.2, -0.15) is 0 Å². The molecule has 4 heteroatoms. The van der Waals surface area contributed by atoms with Crippen molar-refractivity contribution in [3.63, 3.8) is 0 Å². The number of nitrogens with one attached hydrogen (secondary N) is 2. The highest BCUT2D eigenvalue weighted by molar-refractivity contribution is 5.31. The summed E-state index contributed by atoms with van der Waals surface area (Å²) in [5, 5.41) is 3.43. The van der Waals surface area contributed by atoms with E-state index in [4.69, 9.17) is 4.42 Å². The van der Waals surface area contributed by atoms with Crippen LogP contribution in [0.4, 0.5) is 0 Å². The average molecular weight is 203 g/mol. The van der Waals surface area contributed by atoms with Gasteiger partial charge in [0, 0.05) is 18.7 Å². The van der Waals surface area contributed by atoms with Gasteiger partial charge in [-0.3, -0.25) is 0 Å². The van der Waals surface area contributed by atoms with Gasteiger partial charge in [0.1, 0.15) is 11.8 Å². The van der Waals surface area contributed by atoms with Crippen LogP contribution >= 0.6 is 0 Å². The van der Waals surface area contributed by atoms with E-state index in [9.17, 15) is 0 Å². The summed E-state index contributed by atoms with van der Waals surface area (Å²) >= 11 is 0. The van der Waals surface area contributed by atoms with Crippen LogP contribution in [-0.2, 0) is 6.42 Å². The van der Waals surface area contributed by atoms with Crippen LogP contribution in [0.1, 0.15) is 28.8 Å². The van der Waals surface area contributed by atoms with E-state index in [1.54, 1.807) is 12.6 Å². The van der Waals surface area contributed by atoms with E-state index in [1.165, 1.54) is 11.3 Å². The molecule has 2 aromatic rings. The molecule has 4 nitrogen and oxygen atoms in total. The lowest BCUT2D eigenvalue weighted by Gasteiger charge is -2.21. The number of furan rings is 1. The van der Waals surface area contributed by atoms with Crippen molar-refractivity contribution < 1.29 is 4.42 Å². The highest BCUT2D eigenvalue weighted by Gasteiger charge is 2.26. The molecule has 3 rings (SSSR count). The predicted octanol–water partition coefficient (Wildman–Crippen LogP) is 1.55. The van der Waals surface area contributed by atoms with Gasteiger partial charge in [-0.05, 0) is 18.6 Å². The summed E-state index contributed by atoms with van der Waals surface area (Å²) in [7, 11) is 0. The zero-order valence-electron chi connectivity index (χ0n) is 8.58. The molecule has 1 unspecified atom stereocenters. The smallest absolute Gasteiger partial charge is 0.129 e. The molecule has 0 spiro atoms. The quantitative estimate of drug-likeness (QED) is 0.739. The largest absolute Gasteiger partial charge is 0.467 e. The maximum Gasteiger partial charge on any atom is 0.129 e. The Morgan fingerprint density at radius 3 is 3.27 bits per heavy atom. The number of fused-ring (bicyclic) bond motifs is 1. The van der Waals surface area contributed by atoms with Crippen LogP contribution < -0.4 is 5.32 Å². The molecule has 0 aliphatic carbocycles. The second-order valence-corrected chi connectivity index (χ2v) is 3.87. The van der Waals surface area contributed by atoms with Gasteiger partial charge in [0.2, 0.25) is 0 Å². The fraction of sp³-hybridized carbons (Fsp3) is 0.364. The summed E-state index contributed by atoms with van der Waals surface area (Å²) in [4.78, 5) is 7.53. The van der Waals surface area contributed by atoms with Crippen molar-refractivity contribution in [1.29, 1.82) is 0 Å². The van der Waals surface area contributed by atoms with Crippen molar-refractivity contribution in [1.82, 2.24) is 15.3 Å². The average Bonchev–Trinajstić information content (AvgIpc) is 2.85. The summed E-state index contributed by atoms with van der Waals surface area (Å²) in [6.07, 6.45) is 4.49. The van der Waals surface area contributed by atoms with Gasteiger partial charge in [-0.15, -0.1) is 0 Å². The second kappa shape index (κ2) is 3.24. The molecule has 1 atom stereocenters. The number of hydrogen-bond acceptors (Lipinski definition) is 3. The number of nitrogens with zero attached hydrogens (tertiary/aromatic N) is 1. The van der Waals surface area contributed by atoms with Crippen LogP contribution in [0.15, 0.2) is 23.1 Å². The molecule has 1 aliphatic rings. The van der Waals surface area contributed by atoms with Crippen molar-refractivity contribution in [2.45, 2.75) is 19.4 Å². The molecular formula is C11H13N3O. The van der Waals surface area contributed by atoms with Gasteiger partial charge in [-0.25, -0.2) is 4.98 Å². The van der Waals surface area contributed by atoms with Crippen LogP contribution in [0.25, 0.3) is 0 Å². The molecule has 78 valence electrons. The lowest BCUT2D eigenvalue weighted by atomic mass is 10.0. The highest BCUT2D eigenvalue weighted by atomic mass is 16.3. The Morgan fingerprint density at radius 1 is 1.53 bits per heavy atom. The van der Waals surface area contributed by atoms with E-state index in [0.29, 0.717) is 0 Å². The first-order valence-corrected chi connectivity index (χ1v) is 5.16. The summed E-state index contributed by atoms with van der Waals surface area (Å²) in [5.74, 6) is 0.975. The number of aromatic nitrogens is 2. The van der Waals surface area contributed by atoms with Crippen molar-refractivity contribution >= 4 is 0 Å².